The predicted molar refractivity (Wildman–Crippen MR) is 62.3 cm³/mol. The average Bonchev–Trinajstić information content (AvgIpc) is 2.18. The molecular formula is C9H14N2S2. The van der Waals surface area contributed by atoms with Crippen LogP contribution >= 0.6 is 23.5 Å². The van der Waals surface area contributed by atoms with Crippen molar-refractivity contribution in [3.63, 3.8) is 0 Å². The predicted octanol–water partition coefficient (Wildman–Crippen LogP) is 2.17. The molecule has 0 fully saturated rings. The van der Waals surface area contributed by atoms with Crippen LogP contribution in [0.4, 0.5) is 5.69 Å². The monoisotopic (exact) mass is 214 g/mol. The molecule has 0 saturated carbocycles. The van der Waals surface area contributed by atoms with E-state index in [0.717, 1.165) is 21.0 Å². The van der Waals surface area contributed by atoms with Crippen molar-refractivity contribution in [2.24, 2.45) is 5.73 Å². The number of hydrogen-bond donors (Lipinski definition) is 2. The van der Waals surface area contributed by atoms with Gasteiger partial charge in [0.1, 0.15) is 0 Å². The molecule has 1 aromatic carbocycles. The van der Waals surface area contributed by atoms with Gasteiger partial charge in [-0.25, -0.2) is 0 Å². The van der Waals surface area contributed by atoms with Gasteiger partial charge in [0.05, 0.1) is 5.69 Å². The third kappa shape index (κ3) is 2.33. The molecular weight excluding hydrogens is 200 g/mol. The van der Waals surface area contributed by atoms with Gasteiger partial charge < -0.3 is 11.5 Å². The normalized spacial score (nSPS) is 10.4. The van der Waals surface area contributed by atoms with Crippen molar-refractivity contribution in [3.05, 3.63) is 17.7 Å². The van der Waals surface area contributed by atoms with Gasteiger partial charge in [-0.1, -0.05) is 0 Å². The van der Waals surface area contributed by atoms with Crippen molar-refractivity contribution in [3.8, 4) is 0 Å². The zero-order valence-corrected chi connectivity index (χ0v) is 9.47. The molecule has 0 aromatic heterocycles. The van der Waals surface area contributed by atoms with Crippen LogP contribution in [0.1, 0.15) is 5.56 Å². The second-order valence-corrected chi connectivity index (χ2v) is 4.31. The Bertz CT molecular complexity index is 275. The lowest BCUT2D eigenvalue weighted by molar-refractivity contribution is 1.05. The van der Waals surface area contributed by atoms with Gasteiger partial charge in [-0.05, 0) is 30.2 Å². The van der Waals surface area contributed by atoms with Crippen LogP contribution in [0.2, 0.25) is 0 Å². The third-order valence-electron chi connectivity index (χ3n) is 1.84. The van der Waals surface area contributed by atoms with E-state index in [0.29, 0.717) is 6.54 Å². The van der Waals surface area contributed by atoms with Crippen LogP contribution in [0.15, 0.2) is 21.9 Å². The smallest absolute Gasteiger partial charge is 0.0590 e. The highest BCUT2D eigenvalue weighted by Crippen LogP contribution is 2.32. The van der Waals surface area contributed by atoms with Crippen molar-refractivity contribution < 1.29 is 0 Å². The van der Waals surface area contributed by atoms with Gasteiger partial charge in [0.25, 0.3) is 0 Å². The fourth-order valence-corrected chi connectivity index (χ4v) is 2.37. The summed E-state index contributed by atoms with van der Waals surface area (Å²) in [6.45, 7) is 0.571. The molecule has 1 aromatic rings. The Balaban J connectivity index is 3.20. The Kier molecular flexibility index (Phi) is 3.96. The zero-order chi connectivity index (χ0) is 9.84. The van der Waals surface area contributed by atoms with Crippen molar-refractivity contribution >= 4 is 29.2 Å². The van der Waals surface area contributed by atoms with Gasteiger partial charge in [0.15, 0.2) is 0 Å². The van der Waals surface area contributed by atoms with Gasteiger partial charge >= 0.3 is 0 Å². The molecule has 4 N–H and O–H groups in total. The Morgan fingerprint density at radius 2 is 1.62 bits per heavy atom. The minimum Gasteiger partial charge on any atom is -0.397 e. The maximum atomic E-state index is 5.95. The van der Waals surface area contributed by atoms with E-state index in [9.17, 15) is 0 Å². The van der Waals surface area contributed by atoms with Crippen molar-refractivity contribution in [1.82, 2.24) is 0 Å². The summed E-state index contributed by atoms with van der Waals surface area (Å²) in [4.78, 5) is 2.24. The highest BCUT2D eigenvalue weighted by Gasteiger charge is 2.05. The van der Waals surface area contributed by atoms with E-state index in [1.165, 1.54) is 0 Å². The fourth-order valence-electron chi connectivity index (χ4n) is 1.11. The summed E-state index contributed by atoms with van der Waals surface area (Å²) in [7, 11) is 0. The van der Waals surface area contributed by atoms with Gasteiger partial charge in [0.2, 0.25) is 0 Å². The van der Waals surface area contributed by atoms with Crippen LogP contribution in [-0.2, 0) is 6.54 Å². The molecule has 0 saturated heterocycles. The van der Waals surface area contributed by atoms with Gasteiger partial charge in [-0.15, -0.1) is 23.5 Å². The van der Waals surface area contributed by atoms with Crippen LogP contribution in [0.25, 0.3) is 0 Å². The number of hydrogen-bond acceptors (Lipinski definition) is 4. The first-order valence-corrected chi connectivity index (χ1v) is 6.38. The number of nitrogens with two attached hydrogens (primary N) is 2. The SMILES string of the molecule is CSc1cc(CN)cc(SC)c1N. The summed E-state index contributed by atoms with van der Waals surface area (Å²) in [6, 6.07) is 4.11. The van der Waals surface area contributed by atoms with E-state index in [4.69, 9.17) is 11.5 Å². The van der Waals surface area contributed by atoms with E-state index >= 15 is 0 Å². The first kappa shape index (κ1) is 10.8. The Hall–Kier alpha value is -0.320. The highest BCUT2D eigenvalue weighted by atomic mass is 32.2. The molecule has 0 radical (unpaired) electrons. The van der Waals surface area contributed by atoms with Crippen LogP contribution < -0.4 is 11.5 Å². The Morgan fingerprint density at radius 1 is 1.15 bits per heavy atom. The summed E-state index contributed by atoms with van der Waals surface area (Å²) >= 11 is 3.32. The molecule has 0 amide bonds. The highest BCUT2D eigenvalue weighted by molar-refractivity contribution is 7.99. The van der Waals surface area contributed by atoms with Crippen LogP contribution in [0, 0.1) is 0 Å². The molecule has 0 unspecified atom stereocenters. The van der Waals surface area contributed by atoms with Gasteiger partial charge in [-0.3, -0.25) is 0 Å². The molecule has 0 heterocycles. The minimum absolute atomic E-state index is 0.571. The maximum absolute atomic E-state index is 5.95. The Labute approximate surface area is 87.5 Å². The summed E-state index contributed by atoms with van der Waals surface area (Å²) < 4.78 is 0. The minimum atomic E-state index is 0.571. The number of anilines is 1. The summed E-state index contributed by atoms with van der Waals surface area (Å²) in [6.07, 6.45) is 4.05. The largest absolute Gasteiger partial charge is 0.397 e. The van der Waals surface area contributed by atoms with Crippen LogP contribution in [-0.4, -0.2) is 12.5 Å². The molecule has 0 aliphatic heterocycles. The molecule has 0 aliphatic carbocycles. The van der Waals surface area contributed by atoms with Crippen LogP contribution in [0.5, 0.6) is 0 Å². The van der Waals surface area contributed by atoms with Crippen molar-refractivity contribution in [1.29, 1.82) is 0 Å². The number of rotatable bonds is 3. The number of benzene rings is 1. The van der Waals surface area contributed by atoms with Crippen LogP contribution in [0.3, 0.4) is 0 Å². The standard InChI is InChI=1S/C9H14N2S2/c1-12-7-3-6(5-10)4-8(13-2)9(7)11/h3-4H,5,10-11H2,1-2H3. The molecule has 1 rings (SSSR count). The molecule has 4 heteroatoms. The lowest BCUT2D eigenvalue weighted by Gasteiger charge is -2.09. The molecule has 0 atom stereocenters. The number of nitrogen functional groups attached to an aromatic ring is 1. The topological polar surface area (TPSA) is 52.0 Å². The van der Waals surface area contributed by atoms with E-state index < -0.39 is 0 Å². The summed E-state index contributed by atoms with van der Waals surface area (Å²) in [5, 5.41) is 0. The molecule has 0 spiro atoms. The quantitative estimate of drug-likeness (QED) is 0.598. The molecule has 13 heavy (non-hydrogen) atoms. The third-order valence-corrected chi connectivity index (χ3v) is 3.39. The second kappa shape index (κ2) is 4.79. The van der Waals surface area contributed by atoms with Crippen molar-refractivity contribution in [2.45, 2.75) is 16.3 Å². The lowest BCUT2D eigenvalue weighted by atomic mass is 10.2. The fraction of sp³-hybridized carbons (Fsp3) is 0.333. The molecule has 2 nitrogen and oxygen atoms in total. The zero-order valence-electron chi connectivity index (χ0n) is 7.83. The number of thioether (sulfide) groups is 2. The van der Waals surface area contributed by atoms with E-state index in [1.54, 1.807) is 23.5 Å². The molecule has 72 valence electrons. The van der Waals surface area contributed by atoms with E-state index in [1.807, 2.05) is 12.5 Å². The molecule has 0 bridgehead atoms. The first-order valence-electron chi connectivity index (χ1n) is 3.93. The first-order chi connectivity index (χ1) is 6.22. The summed E-state index contributed by atoms with van der Waals surface area (Å²) in [5.74, 6) is 0. The second-order valence-electron chi connectivity index (χ2n) is 2.62. The summed E-state index contributed by atoms with van der Waals surface area (Å²) in [5.41, 5.74) is 13.5. The van der Waals surface area contributed by atoms with Gasteiger partial charge in [-0.2, -0.15) is 0 Å². The molecule has 0 aliphatic rings. The Morgan fingerprint density at radius 3 is 1.92 bits per heavy atom. The van der Waals surface area contributed by atoms with E-state index in [-0.39, 0.29) is 0 Å². The average molecular weight is 214 g/mol. The lowest BCUT2D eigenvalue weighted by Crippen LogP contribution is -1.99. The van der Waals surface area contributed by atoms with E-state index in [2.05, 4.69) is 12.1 Å². The maximum Gasteiger partial charge on any atom is 0.0590 e. The van der Waals surface area contributed by atoms with Gasteiger partial charge in [0, 0.05) is 16.3 Å². The van der Waals surface area contributed by atoms with Crippen molar-refractivity contribution in [2.75, 3.05) is 18.2 Å².